The summed E-state index contributed by atoms with van der Waals surface area (Å²) in [5, 5.41) is 22.6. The summed E-state index contributed by atoms with van der Waals surface area (Å²) >= 11 is 0. The van der Waals surface area contributed by atoms with Crippen LogP contribution in [0.15, 0.2) is 6.07 Å². The van der Waals surface area contributed by atoms with E-state index in [1.54, 1.807) is 20.2 Å². The average Bonchev–Trinajstić information content (AvgIpc) is 2.77. The number of aliphatic hydroxyl groups is 1. The first-order valence-electron chi connectivity index (χ1n) is 12.0. The zero-order chi connectivity index (χ0) is 26.9. The van der Waals surface area contributed by atoms with Crippen LogP contribution in [-0.4, -0.2) is 77.0 Å². The van der Waals surface area contributed by atoms with E-state index in [9.17, 15) is 34.2 Å². The first kappa shape index (κ1) is 26.1. The van der Waals surface area contributed by atoms with Gasteiger partial charge in [0.25, 0.3) is 0 Å². The first-order valence-corrected chi connectivity index (χ1v) is 12.0. The zero-order valence-electron chi connectivity index (χ0n) is 21.0. The van der Waals surface area contributed by atoms with E-state index in [2.05, 4.69) is 0 Å². The lowest BCUT2D eigenvalue weighted by atomic mass is 9.52. The molecule has 4 N–H and O–H groups in total. The van der Waals surface area contributed by atoms with Crippen LogP contribution in [-0.2, 0) is 36.9 Å². The SMILES string of the molecule is COCc1cc(C(C)C)c2c(c1O)C(=O)C1C(=O)[C@]3(O)C(=O)C(C(N)=O)C(=O)[C@@H](N(C)C)[C@@H]3C[C@@H]1C2. The van der Waals surface area contributed by atoms with Crippen molar-refractivity contribution in [1.82, 2.24) is 4.90 Å². The number of carbonyl (C=O) groups is 5. The molecule has 2 saturated carbocycles. The van der Waals surface area contributed by atoms with Gasteiger partial charge in [0.15, 0.2) is 34.7 Å². The van der Waals surface area contributed by atoms with E-state index in [-0.39, 0.29) is 36.7 Å². The zero-order valence-corrected chi connectivity index (χ0v) is 21.0. The molecule has 1 aromatic rings. The number of fused-ring (bicyclic) bond motifs is 3. The molecule has 0 saturated heterocycles. The van der Waals surface area contributed by atoms with Gasteiger partial charge in [-0.2, -0.15) is 0 Å². The summed E-state index contributed by atoms with van der Waals surface area (Å²) in [5.74, 6) is -10.4. The fraction of sp³-hybridized carbons (Fsp3) is 0.577. The predicted octanol–water partition coefficient (Wildman–Crippen LogP) is 0.137. The quantitative estimate of drug-likeness (QED) is 0.477. The number of nitrogens with zero attached hydrogens (tertiary/aromatic N) is 1. The maximum absolute atomic E-state index is 13.9. The van der Waals surface area contributed by atoms with Crippen molar-refractivity contribution in [2.24, 2.45) is 29.4 Å². The van der Waals surface area contributed by atoms with Gasteiger partial charge in [0.2, 0.25) is 5.91 Å². The van der Waals surface area contributed by atoms with Gasteiger partial charge >= 0.3 is 0 Å². The minimum Gasteiger partial charge on any atom is -0.507 e. The van der Waals surface area contributed by atoms with Crippen molar-refractivity contribution in [2.75, 3.05) is 21.2 Å². The number of phenolic OH excluding ortho intramolecular Hbond substituents is 1. The second kappa shape index (κ2) is 8.86. The third-order valence-corrected chi connectivity index (χ3v) is 8.10. The minimum atomic E-state index is -2.72. The number of ketones is 4. The monoisotopic (exact) mass is 500 g/mol. The molecule has 0 spiro atoms. The molecule has 0 radical (unpaired) electrons. The van der Waals surface area contributed by atoms with Crippen LogP contribution in [0.1, 0.15) is 53.2 Å². The molecule has 0 bridgehead atoms. The molecule has 0 heterocycles. The summed E-state index contributed by atoms with van der Waals surface area (Å²) in [6.07, 6.45) is 0.280. The van der Waals surface area contributed by atoms with Crippen molar-refractivity contribution in [3.8, 4) is 5.75 Å². The summed E-state index contributed by atoms with van der Waals surface area (Å²) in [6.45, 7) is 3.95. The third-order valence-electron chi connectivity index (χ3n) is 8.10. The smallest absolute Gasteiger partial charge is 0.235 e. The van der Waals surface area contributed by atoms with Crippen molar-refractivity contribution in [3.63, 3.8) is 0 Å². The van der Waals surface area contributed by atoms with Gasteiger partial charge < -0.3 is 20.7 Å². The second-order valence-electron chi connectivity index (χ2n) is 10.7. The Kier molecular flexibility index (Phi) is 6.43. The van der Waals surface area contributed by atoms with Crippen LogP contribution in [0.5, 0.6) is 5.75 Å². The largest absolute Gasteiger partial charge is 0.507 e. The highest BCUT2D eigenvalue weighted by molar-refractivity contribution is 6.32. The Balaban J connectivity index is 1.90. The molecule has 2 fully saturated rings. The number of methoxy groups -OCH3 is 1. The van der Waals surface area contributed by atoms with Crippen LogP contribution < -0.4 is 5.73 Å². The normalized spacial score (nSPS) is 31.9. The molecular weight excluding hydrogens is 468 g/mol. The number of hydrogen-bond donors (Lipinski definition) is 3. The molecule has 3 aliphatic carbocycles. The highest BCUT2D eigenvalue weighted by Crippen LogP contribution is 2.51. The number of phenols is 1. The number of likely N-dealkylation sites (N-methyl/N-ethyl adjacent to an activating group) is 1. The predicted molar refractivity (Wildman–Crippen MR) is 126 cm³/mol. The van der Waals surface area contributed by atoms with Gasteiger partial charge in [0, 0.05) is 18.6 Å². The van der Waals surface area contributed by atoms with Gasteiger partial charge in [-0.25, -0.2) is 0 Å². The van der Waals surface area contributed by atoms with Crippen LogP contribution in [0.4, 0.5) is 0 Å². The van der Waals surface area contributed by atoms with Gasteiger partial charge in [-0.05, 0) is 56.0 Å². The molecule has 36 heavy (non-hydrogen) atoms. The average molecular weight is 501 g/mol. The molecule has 1 amide bonds. The molecule has 194 valence electrons. The van der Waals surface area contributed by atoms with Crippen molar-refractivity contribution in [1.29, 1.82) is 0 Å². The van der Waals surface area contributed by atoms with Gasteiger partial charge in [0.05, 0.1) is 24.1 Å². The minimum absolute atomic E-state index is 0.000143. The van der Waals surface area contributed by atoms with Gasteiger partial charge in [-0.1, -0.05) is 13.8 Å². The van der Waals surface area contributed by atoms with Crippen molar-refractivity contribution < 1.29 is 38.9 Å². The number of rotatable bonds is 5. The fourth-order valence-electron chi connectivity index (χ4n) is 6.54. The van der Waals surface area contributed by atoms with Crippen LogP contribution in [0.2, 0.25) is 0 Å². The topological polar surface area (TPSA) is 164 Å². The summed E-state index contributed by atoms with van der Waals surface area (Å²) < 4.78 is 5.17. The number of carbonyl (C=O) groups excluding carboxylic acids is 5. The summed E-state index contributed by atoms with van der Waals surface area (Å²) in [6, 6.07) is 0.679. The van der Waals surface area contributed by atoms with Gasteiger partial charge in [0.1, 0.15) is 5.75 Å². The molecule has 0 aromatic heterocycles. The van der Waals surface area contributed by atoms with E-state index in [0.717, 1.165) is 5.56 Å². The third kappa shape index (κ3) is 3.46. The van der Waals surface area contributed by atoms with Crippen molar-refractivity contribution >= 4 is 29.0 Å². The molecule has 2 unspecified atom stereocenters. The van der Waals surface area contributed by atoms with E-state index >= 15 is 0 Å². The second-order valence-corrected chi connectivity index (χ2v) is 10.7. The van der Waals surface area contributed by atoms with E-state index in [1.165, 1.54) is 12.0 Å². The van der Waals surface area contributed by atoms with Crippen LogP contribution >= 0.6 is 0 Å². The fourth-order valence-corrected chi connectivity index (χ4v) is 6.54. The lowest BCUT2D eigenvalue weighted by molar-refractivity contribution is -0.181. The molecule has 10 heteroatoms. The van der Waals surface area contributed by atoms with Crippen LogP contribution in [0.3, 0.4) is 0 Å². The molecule has 4 rings (SSSR count). The Morgan fingerprint density at radius 1 is 1.22 bits per heavy atom. The van der Waals surface area contributed by atoms with Crippen molar-refractivity contribution in [2.45, 2.75) is 50.9 Å². The molecule has 10 nitrogen and oxygen atoms in total. The maximum Gasteiger partial charge on any atom is 0.235 e. The van der Waals surface area contributed by atoms with E-state index in [0.29, 0.717) is 11.1 Å². The standard InChI is InChI=1S/C26H32N2O8/c1-10(2)13-7-12(9-36-5)20(29)17-14(13)6-11-8-15-19(28(3)4)22(31)18(25(27)34)24(33)26(15,35)23(32)16(11)21(17)30/h7,10-11,15-16,18-19,29,35H,6,8-9H2,1-5H3,(H2,27,34)/t11-,15-,16?,18?,19-,26-/m0/s1. The first-order chi connectivity index (χ1) is 16.8. The Bertz CT molecular complexity index is 1190. The van der Waals surface area contributed by atoms with Crippen molar-refractivity contribution in [3.05, 3.63) is 28.3 Å². The lowest BCUT2D eigenvalue weighted by Crippen LogP contribution is -2.74. The Labute approximate surface area is 208 Å². The van der Waals surface area contributed by atoms with Gasteiger partial charge in [-0.3, -0.25) is 28.9 Å². The van der Waals surface area contributed by atoms with E-state index in [4.69, 9.17) is 10.5 Å². The summed E-state index contributed by atoms with van der Waals surface area (Å²) in [5.41, 5.74) is 4.47. The number of Topliss-reactive ketones (excluding diaryl/α,β-unsaturated/α-hetero) is 4. The van der Waals surface area contributed by atoms with Crippen LogP contribution in [0.25, 0.3) is 0 Å². The highest BCUT2D eigenvalue weighted by atomic mass is 16.5. The summed E-state index contributed by atoms with van der Waals surface area (Å²) in [4.78, 5) is 67.6. The number of hydrogen-bond acceptors (Lipinski definition) is 9. The molecule has 6 atom stereocenters. The number of amides is 1. The lowest BCUT2D eigenvalue weighted by Gasteiger charge is -2.52. The number of nitrogens with two attached hydrogens (primary N) is 1. The molecule has 0 aliphatic heterocycles. The Morgan fingerprint density at radius 2 is 1.86 bits per heavy atom. The van der Waals surface area contributed by atoms with E-state index < -0.39 is 64.4 Å². The maximum atomic E-state index is 13.9. The Hall–Kier alpha value is -2.95. The molecule has 3 aliphatic rings. The van der Waals surface area contributed by atoms with Crippen LogP contribution in [0, 0.1) is 23.7 Å². The molecule has 1 aromatic carbocycles. The van der Waals surface area contributed by atoms with E-state index in [1.807, 2.05) is 13.8 Å². The number of ether oxygens (including phenoxy) is 1. The number of primary amides is 1. The number of aromatic hydroxyl groups is 1. The van der Waals surface area contributed by atoms with Gasteiger partial charge in [-0.15, -0.1) is 0 Å². The number of benzene rings is 1. The Morgan fingerprint density at radius 3 is 2.39 bits per heavy atom. The molecular formula is C26H32N2O8. The summed E-state index contributed by atoms with van der Waals surface area (Å²) in [7, 11) is 4.57. The highest BCUT2D eigenvalue weighted by Gasteiger charge is 2.69.